The molecule has 3 aromatic rings. The zero-order chi connectivity index (χ0) is 14.5. The molecule has 0 atom stereocenters. The van der Waals surface area contributed by atoms with E-state index in [4.69, 9.17) is 0 Å². The predicted octanol–water partition coefficient (Wildman–Crippen LogP) is 3.57. The van der Waals surface area contributed by atoms with E-state index in [1.807, 2.05) is 60.7 Å². The van der Waals surface area contributed by atoms with Crippen LogP contribution in [0.15, 0.2) is 66.0 Å². The van der Waals surface area contributed by atoms with Crippen molar-refractivity contribution in [2.75, 3.05) is 5.43 Å². The van der Waals surface area contributed by atoms with Gasteiger partial charge < -0.3 is 0 Å². The van der Waals surface area contributed by atoms with Gasteiger partial charge in [0.1, 0.15) is 10.7 Å². The Labute approximate surface area is 126 Å². The first-order valence-electron chi connectivity index (χ1n) is 6.45. The van der Waals surface area contributed by atoms with Crippen molar-refractivity contribution >= 4 is 22.9 Å². The number of hydrogen-bond donors (Lipinski definition) is 2. The molecule has 1 aromatic heterocycles. The SMILES string of the molecule is O=C(NNc1ccccc1)c1csc(-c2ccccc2)n1. The topological polar surface area (TPSA) is 54.0 Å². The fourth-order valence-electron chi connectivity index (χ4n) is 1.81. The van der Waals surface area contributed by atoms with E-state index < -0.39 is 0 Å². The van der Waals surface area contributed by atoms with Crippen LogP contribution >= 0.6 is 11.3 Å². The molecule has 1 heterocycles. The zero-order valence-electron chi connectivity index (χ0n) is 11.1. The highest BCUT2D eigenvalue weighted by Crippen LogP contribution is 2.23. The van der Waals surface area contributed by atoms with Gasteiger partial charge in [-0.15, -0.1) is 11.3 Å². The van der Waals surface area contributed by atoms with Crippen LogP contribution < -0.4 is 10.9 Å². The molecule has 0 bridgehead atoms. The lowest BCUT2D eigenvalue weighted by Gasteiger charge is -2.06. The number of hydrogen-bond acceptors (Lipinski definition) is 4. The van der Waals surface area contributed by atoms with Crippen LogP contribution in [0.4, 0.5) is 5.69 Å². The highest BCUT2D eigenvalue weighted by Gasteiger charge is 2.11. The molecule has 0 fully saturated rings. The minimum atomic E-state index is -0.253. The molecule has 2 N–H and O–H groups in total. The van der Waals surface area contributed by atoms with Crippen molar-refractivity contribution in [1.82, 2.24) is 10.4 Å². The van der Waals surface area contributed by atoms with Gasteiger partial charge in [-0.2, -0.15) is 0 Å². The number of nitrogens with one attached hydrogen (secondary N) is 2. The fourth-order valence-corrected chi connectivity index (χ4v) is 2.61. The maximum Gasteiger partial charge on any atom is 0.289 e. The average molecular weight is 295 g/mol. The van der Waals surface area contributed by atoms with E-state index in [0.717, 1.165) is 16.3 Å². The van der Waals surface area contributed by atoms with Gasteiger partial charge in [0.25, 0.3) is 5.91 Å². The second kappa shape index (κ2) is 6.19. The molecule has 0 unspecified atom stereocenters. The van der Waals surface area contributed by atoms with Gasteiger partial charge in [0.15, 0.2) is 0 Å². The number of para-hydroxylation sites is 1. The number of thiazole rings is 1. The third-order valence-electron chi connectivity index (χ3n) is 2.85. The van der Waals surface area contributed by atoms with Crippen molar-refractivity contribution in [2.45, 2.75) is 0 Å². The number of anilines is 1. The van der Waals surface area contributed by atoms with Gasteiger partial charge >= 0.3 is 0 Å². The van der Waals surface area contributed by atoms with Crippen LogP contribution in [0.5, 0.6) is 0 Å². The molecule has 1 amide bonds. The molecule has 21 heavy (non-hydrogen) atoms. The van der Waals surface area contributed by atoms with E-state index in [2.05, 4.69) is 15.8 Å². The maximum absolute atomic E-state index is 12.0. The summed E-state index contributed by atoms with van der Waals surface area (Å²) in [4.78, 5) is 16.4. The Kier molecular flexibility index (Phi) is 3.93. The molecular weight excluding hydrogens is 282 g/mol. The molecule has 0 saturated heterocycles. The summed E-state index contributed by atoms with van der Waals surface area (Å²) in [5.41, 5.74) is 7.73. The number of carbonyl (C=O) groups is 1. The summed E-state index contributed by atoms with van der Waals surface area (Å²) in [6.07, 6.45) is 0. The van der Waals surface area contributed by atoms with Crippen molar-refractivity contribution in [2.24, 2.45) is 0 Å². The Hall–Kier alpha value is -2.66. The third kappa shape index (κ3) is 3.27. The van der Waals surface area contributed by atoms with Crippen LogP contribution in [-0.4, -0.2) is 10.9 Å². The van der Waals surface area contributed by atoms with Crippen molar-refractivity contribution in [1.29, 1.82) is 0 Å². The highest BCUT2D eigenvalue weighted by atomic mass is 32.1. The lowest BCUT2D eigenvalue weighted by molar-refractivity contribution is 0.0958. The molecule has 0 saturated carbocycles. The normalized spacial score (nSPS) is 10.1. The number of amides is 1. The quantitative estimate of drug-likeness (QED) is 0.724. The first kappa shape index (κ1) is 13.3. The summed E-state index contributed by atoms with van der Waals surface area (Å²) < 4.78 is 0. The van der Waals surface area contributed by atoms with E-state index >= 15 is 0 Å². The monoisotopic (exact) mass is 295 g/mol. The fraction of sp³-hybridized carbons (Fsp3) is 0. The second-order valence-corrected chi connectivity index (χ2v) is 5.21. The van der Waals surface area contributed by atoms with Crippen LogP contribution in [0.3, 0.4) is 0 Å². The number of rotatable bonds is 4. The van der Waals surface area contributed by atoms with Crippen LogP contribution in [0, 0.1) is 0 Å². The van der Waals surface area contributed by atoms with Crippen molar-refractivity contribution < 1.29 is 4.79 Å². The lowest BCUT2D eigenvalue weighted by atomic mass is 10.2. The van der Waals surface area contributed by atoms with Gasteiger partial charge in [-0.05, 0) is 12.1 Å². The zero-order valence-corrected chi connectivity index (χ0v) is 11.9. The summed E-state index contributed by atoms with van der Waals surface area (Å²) in [6, 6.07) is 19.3. The van der Waals surface area contributed by atoms with Gasteiger partial charge in [0, 0.05) is 10.9 Å². The summed E-state index contributed by atoms with van der Waals surface area (Å²) >= 11 is 1.45. The first-order chi connectivity index (χ1) is 10.3. The van der Waals surface area contributed by atoms with Crippen molar-refractivity contribution in [3.8, 4) is 10.6 Å². The Bertz CT molecular complexity index is 726. The number of aromatic nitrogens is 1. The summed E-state index contributed by atoms with van der Waals surface area (Å²) in [5.74, 6) is -0.253. The van der Waals surface area contributed by atoms with Crippen LogP contribution in [0.1, 0.15) is 10.5 Å². The highest BCUT2D eigenvalue weighted by molar-refractivity contribution is 7.13. The molecule has 0 aliphatic rings. The first-order valence-corrected chi connectivity index (χ1v) is 7.33. The van der Waals surface area contributed by atoms with E-state index in [1.165, 1.54) is 11.3 Å². The maximum atomic E-state index is 12.0. The molecule has 0 aliphatic heterocycles. The minimum absolute atomic E-state index is 0.253. The predicted molar refractivity (Wildman–Crippen MR) is 85.1 cm³/mol. The summed E-state index contributed by atoms with van der Waals surface area (Å²) in [6.45, 7) is 0. The molecular formula is C16H13N3OS. The van der Waals surface area contributed by atoms with Gasteiger partial charge in [0.2, 0.25) is 0 Å². The van der Waals surface area contributed by atoms with E-state index in [9.17, 15) is 4.79 Å². The molecule has 104 valence electrons. The van der Waals surface area contributed by atoms with E-state index in [-0.39, 0.29) is 5.91 Å². The standard InChI is InChI=1S/C16H13N3OS/c20-15(19-18-13-9-5-2-6-10-13)14-11-21-16(17-14)12-7-3-1-4-8-12/h1-11,18H,(H,19,20). The number of nitrogens with zero attached hydrogens (tertiary/aromatic N) is 1. The molecule has 0 radical (unpaired) electrons. The number of hydrazine groups is 1. The molecule has 4 nitrogen and oxygen atoms in total. The summed E-state index contributed by atoms with van der Waals surface area (Å²) in [5, 5.41) is 2.59. The van der Waals surface area contributed by atoms with E-state index in [0.29, 0.717) is 5.69 Å². The van der Waals surface area contributed by atoms with Gasteiger partial charge in [-0.3, -0.25) is 15.6 Å². The molecule has 2 aromatic carbocycles. The average Bonchev–Trinajstić information content (AvgIpc) is 3.04. The molecule has 0 spiro atoms. The summed E-state index contributed by atoms with van der Waals surface area (Å²) in [7, 11) is 0. The van der Waals surface area contributed by atoms with Crippen molar-refractivity contribution in [3.63, 3.8) is 0 Å². The lowest BCUT2D eigenvalue weighted by Crippen LogP contribution is -2.29. The number of benzene rings is 2. The minimum Gasteiger partial charge on any atom is -0.298 e. The van der Waals surface area contributed by atoms with E-state index in [1.54, 1.807) is 5.38 Å². The second-order valence-electron chi connectivity index (χ2n) is 4.35. The molecule has 3 rings (SSSR count). The van der Waals surface area contributed by atoms with Gasteiger partial charge in [-0.25, -0.2) is 4.98 Å². The smallest absolute Gasteiger partial charge is 0.289 e. The molecule has 0 aliphatic carbocycles. The third-order valence-corrected chi connectivity index (χ3v) is 3.74. The van der Waals surface area contributed by atoms with Crippen molar-refractivity contribution in [3.05, 3.63) is 71.7 Å². The Morgan fingerprint density at radius 3 is 2.33 bits per heavy atom. The Balaban J connectivity index is 1.67. The van der Waals surface area contributed by atoms with Gasteiger partial charge in [-0.1, -0.05) is 48.5 Å². The largest absolute Gasteiger partial charge is 0.298 e. The van der Waals surface area contributed by atoms with Crippen LogP contribution in [0.2, 0.25) is 0 Å². The Morgan fingerprint density at radius 1 is 0.952 bits per heavy atom. The number of carbonyl (C=O) groups excluding carboxylic acids is 1. The van der Waals surface area contributed by atoms with Crippen LogP contribution in [0.25, 0.3) is 10.6 Å². The Morgan fingerprint density at radius 2 is 1.62 bits per heavy atom. The van der Waals surface area contributed by atoms with Gasteiger partial charge in [0.05, 0.1) is 5.69 Å². The molecule has 5 heteroatoms. The van der Waals surface area contributed by atoms with Crippen LogP contribution in [-0.2, 0) is 0 Å².